The van der Waals surface area contributed by atoms with Crippen molar-refractivity contribution < 1.29 is 0 Å². The van der Waals surface area contributed by atoms with Gasteiger partial charge in [-0.1, -0.05) is 49.6 Å². The van der Waals surface area contributed by atoms with Gasteiger partial charge in [-0.15, -0.1) is 0 Å². The summed E-state index contributed by atoms with van der Waals surface area (Å²) in [6.07, 6.45) is 9.07. The maximum absolute atomic E-state index is 11.9. The Hall–Kier alpha value is -1.83. The van der Waals surface area contributed by atoms with Gasteiger partial charge < -0.3 is 4.98 Å². The van der Waals surface area contributed by atoms with Gasteiger partial charge in [0, 0.05) is 18.2 Å². The van der Waals surface area contributed by atoms with Crippen LogP contribution in [0.2, 0.25) is 0 Å². The van der Waals surface area contributed by atoms with Crippen molar-refractivity contribution in [1.82, 2.24) is 4.98 Å². The van der Waals surface area contributed by atoms with Gasteiger partial charge in [0.25, 0.3) is 5.56 Å². The topological polar surface area (TPSA) is 32.9 Å². The lowest BCUT2D eigenvalue weighted by Crippen LogP contribution is -2.13. The van der Waals surface area contributed by atoms with Gasteiger partial charge in [-0.05, 0) is 36.0 Å². The van der Waals surface area contributed by atoms with E-state index >= 15 is 0 Å². The minimum Gasteiger partial charge on any atom is -0.329 e. The van der Waals surface area contributed by atoms with Gasteiger partial charge in [-0.3, -0.25) is 4.79 Å². The molecule has 1 saturated carbocycles. The van der Waals surface area contributed by atoms with E-state index in [1.807, 2.05) is 12.1 Å². The number of aromatic amines is 1. The van der Waals surface area contributed by atoms with Gasteiger partial charge in [-0.2, -0.15) is 0 Å². The summed E-state index contributed by atoms with van der Waals surface area (Å²) in [5.74, 6) is 0.683. The van der Waals surface area contributed by atoms with Gasteiger partial charge in [0.15, 0.2) is 0 Å². The second-order valence-electron chi connectivity index (χ2n) is 5.74. The number of aromatic nitrogens is 1. The molecule has 0 aliphatic heterocycles. The zero-order chi connectivity index (χ0) is 13.8. The normalized spacial score (nSPS) is 16.2. The third-order valence-electron chi connectivity index (χ3n) is 4.38. The molecule has 20 heavy (non-hydrogen) atoms. The number of nitrogens with one attached hydrogen (secondary N) is 1. The quantitative estimate of drug-likeness (QED) is 0.895. The van der Waals surface area contributed by atoms with Crippen molar-refractivity contribution in [2.75, 3.05) is 0 Å². The van der Waals surface area contributed by atoms with E-state index in [2.05, 4.69) is 29.2 Å². The lowest BCUT2D eigenvalue weighted by Gasteiger charge is -2.24. The zero-order valence-corrected chi connectivity index (χ0v) is 11.8. The Morgan fingerprint density at radius 2 is 1.70 bits per heavy atom. The molecule has 1 aliphatic rings. The molecular weight excluding hydrogens is 246 g/mol. The van der Waals surface area contributed by atoms with Gasteiger partial charge >= 0.3 is 0 Å². The number of H-pyrrole nitrogens is 1. The third kappa shape index (κ3) is 2.84. The number of benzene rings is 1. The Morgan fingerprint density at radius 3 is 2.50 bits per heavy atom. The molecule has 2 heteroatoms. The maximum Gasteiger partial charge on any atom is 0.251 e. The van der Waals surface area contributed by atoms with Crippen LogP contribution in [0.3, 0.4) is 0 Å². The summed E-state index contributed by atoms with van der Waals surface area (Å²) in [4.78, 5) is 14.6. The SMILES string of the molecule is O=c1[nH]cccc1Cc1ccccc1C1CCCCC1. The minimum absolute atomic E-state index is 0.0333. The van der Waals surface area contributed by atoms with Crippen molar-refractivity contribution in [2.24, 2.45) is 0 Å². The van der Waals surface area contributed by atoms with Crippen molar-refractivity contribution in [2.45, 2.75) is 44.4 Å². The predicted octanol–water partition coefficient (Wildman–Crippen LogP) is 4.01. The Bertz CT molecular complexity index is 623. The summed E-state index contributed by atoms with van der Waals surface area (Å²) in [7, 11) is 0. The fraction of sp³-hybridized carbons (Fsp3) is 0.389. The molecule has 0 spiro atoms. The molecule has 1 aromatic carbocycles. The lowest BCUT2D eigenvalue weighted by atomic mass is 9.81. The first-order valence-electron chi connectivity index (χ1n) is 7.59. The van der Waals surface area contributed by atoms with E-state index in [1.165, 1.54) is 43.2 Å². The Kier molecular flexibility index (Phi) is 4.00. The minimum atomic E-state index is 0.0333. The Morgan fingerprint density at radius 1 is 0.950 bits per heavy atom. The van der Waals surface area contributed by atoms with E-state index in [0.29, 0.717) is 5.92 Å². The predicted molar refractivity (Wildman–Crippen MR) is 82.1 cm³/mol. The molecule has 2 nitrogen and oxygen atoms in total. The van der Waals surface area contributed by atoms with Crippen LogP contribution in [0.4, 0.5) is 0 Å². The molecule has 0 amide bonds. The van der Waals surface area contributed by atoms with Crippen molar-refractivity contribution >= 4 is 0 Å². The van der Waals surface area contributed by atoms with E-state index in [9.17, 15) is 4.79 Å². The van der Waals surface area contributed by atoms with Crippen molar-refractivity contribution in [3.05, 3.63) is 69.6 Å². The van der Waals surface area contributed by atoms with E-state index in [-0.39, 0.29) is 5.56 Å². The van der Waals surface area contributed by atoms with E-state index in [1.54, 1.807) is 6.20 Å². The smallest absolute Gasteiger partial charge is 0.251 e. The van der Waals surface area contributed by atoms with Crippen molar-refractivity contribution in [3.63, 3.8) is 0 Å². The average Bonchev–Trinajstić information content (AvgIpc) is 2.51. The fourth-order valence-electron chi connectivity index (χ4n) is 3.31. The second kappa shape index (κ2) is 6.08. The molecular formula is C18H21NO. The summed E-state index contributed by atoms with van der Waals surface area (Å²) >= 11 is 0. The highest BCUT2D eigenvalue weighted by Gasteiger charge is 2.18. The van der Waals surface area contributed by atoms with Crippen LogP contribution in [0.1, 0.15) is 54.7 Å². The van der Waals surface area contributed by atoms with E-state index in [0.717, 1.165) is 12.0 Å². The highest BCUT2D eigenvalue weighted by atomic mass is 16.1. The first kappa shape index (κ1) is 13.2. The zero-order valence-electron chi connectivity index (χ0n) is 11.8. The van der Waals surface area contributed by atoms with Crippen LogP contribution in [0.5, 0.6) is 0 Å². The van der Waals surface area contributed by atoms with Crippen LogP contribution >= 0.6 is 0 Å². The summed E-state index contributed by atoms with van der Waals surface area (Å²) < 4.78 is 0. The molecule has 1 heterocycles. The molecule has 1 aromatic heterocycles. The van der Waals surface area contributed by atoms with Crippen LogP contribution in [0.15, 0.2) is 47.4 Å². The summed E-state index contributed by atoms with van der Waals surface area (Å²) in [6.45, 7) is 0. The maximum atomic E-state index is 11.9. The summed E-state index contributed by atoms with van der Waals surface area (Å²) in [5.41, 5.74) is 3.66. The van der Waals surface area contributed by atoms with Crippen LogP contribution in [0, 0.1) is 0 Å². The standard InChI is InChI=1S/C18H21NO/c20-18-16(10-6-12-19-18)13-15-9-4-5-11-17(15)14-7-2-1-3-8-14/h4-6,9-12,14H,1-3,7-8,13H2,(H,19,20). The molecule has 104 valence electrons. The summed E-state index contributed by atoms with van der Waals surface area (Å²) in [6, 6.07) is 12.5. The Balaban J connectivity index is 1.90. The van der Waals surface area contributed by atoms with Gasteiger partial charge in [-0.25, -0.2) is 0 Å². The third-order valence-corrected chi connectivity index (χ3v) is 4.38. The van der Waals surface area contributed by atoms with Crippen molar-refractivity contribution in [1.29, 1.82) is 0 Å². The molecule has 1 N–H and O–H groups in total. The highest BCUT2D eigenvalue weighted by molar-refractivity contribution is 5.34. The van der Waals surface area contributed by atoms with E-state index in [4.69, 9.17) is 0 Å². The molecule has 0 bridgehead atoms. The molecule has 1 fully saturated rings. The van der Waals surface area contributed by atoms with Crippen molar-refractivity contribution in [3.8, 4) is 0 Å². The van der Waals surface area contributed by atoms with Gasteiger partial charge in [0.05, 0.1) is 0 Å². The molecule has 2 aromatic rings. The molecule has 0 radical (unpaired) electrons. The lowest BCUT2D eigenvalue weighted by molar-refractivity contribution is 0.442. The number of pyridine rings is 1. The number of hydrogen-bond donors (Lipinski definition) is 1. The largest absolute Gasteiger partial charge is 0.329 e. The van der Waals surface area contributed by atoms with E-state index < -0.39 is 0 Å². The van der Waals surface area contributed by atoms with Crippen LogP contribution in [-0.2, 0) is 6.42 Å². The van der Waals surface area contributed by atoms with Crippen LogP contribution < -0.4 is 5.56 Å². The highest BCUT2D eigenvalue weighted by Crippen LogP contribution is 2.34. The monoisotopic (exact) mass is 267 g/mol. The molecule has 3 rings (SSSR count). The first-order valence-corrected chi connectivity index (χ1v) is 7.59. The van der Waals surface area contributed by atoms with Crippen LogP contribution in [-0.4, -0.2) is 4.98 Å². The van der Waals surface area contributed by atoms with Gasteiger partial charge in [0.2, 0.25) is 0 Å². The fourth-order valence-corrected chi connectivity index (χ4v) is 3.31. The molecule has 1 aliphatic carbocycles. The van der Waals surface area contributed by atoms with Crippen LogP contribution in [0.25, 0.3) is 0 Å². The molecule has 0 unspecified atom stereocenters. The first-order chi connectivity index (χ1) is 9.84. The Labute approximate surface area is 119 Å². The van der Waals surface area contributed by atoms with Gasteiger partial charge in [0.1, 0.15) is 0 Å². The second-order valence-corrected chi connectivity index (χ2v) is 5.74. The number of hydrogen-bond acceptors (Lipinski definition) is 1. The molecule has 0 atom stereocenters. The average molecular weight is 267 g/mol. The summed E-state index contributed by atoms with van der Waals surface area (Å²) in [5, 5.41) is 0. The number of rotatable bonds is 3. The molecule has 0 saturated heterocycles.